The Balaban J connectivity index is 1.34. The predicted molar refractivity (Wildman–Crippen MR) is 129 cm³/mol. The number of hydrogen-bond donors (Lipinski definition) is 2. The fraction of sp³-hybridized carbons (Fsp3) is 0.400. The van der Waals surface area contributed by atoms with Crippen molar-refractivity contribution in [3.8, 4) is 5.69 Å². The van der Waals surface area contributed by atoms with Crippen LogP contribution in [0.4, 0.5) is 5.69 Å². The second-order valence-electron chi connectivity index (χ2n) is 9.56. The quantitative estimate of drug-likeness (QED) is 0.580. The number of carbonyl (C=O) groups is 1. The Morgan fingerprint density at radius 1 is 0.938 bits per heavy atom. The predicted octanol–water partition coefficient (Wildman–Crippen LogP) is 4.85. The molecule has 1 amide bonds. The number of nitrogens with zero attached hydrogens (tertiary/aromatic N) is 1. The smallest absolute Gasteiger partial charge is 0.227 e. The van der Waals surface area contributed by atoms with Crippen molar-refractivity contribution < 1.29 is 13.2 Å². The lowest BCUT2D eigenvalue weighted by Gasteiger charge is -2.30. The van der Waals surface area contributed by atoms with Gasteiger partial charge in [-0.25, -0.2) is 13.1 Å². The molecule has 0 aliphatic heterocycles. The molecule has 2 aromatic carbocycles. The molecule has 7 heteroatoms. The molecule has 0 spiro atoms. The normalized spacial score (nSPS) is 19.7. The lowest BCUT2D eigenvalue weighted by atomic mass is 9.86. The molecular weight excluding hydrogens is 422 g/mol. The Hall–Kier alpha value is -2.64. The molecular formula is C25H31N3O3S. The number of anilines is 1. The number of sulfonamides is 1. The summed E-state index contributed by atoms with van der Waals surface area (Å²) in [6, 6.07) is 18.1. The van der Waals surface area contributed by atoms with Crippen LogP contribution in [0.5, 0.6) is 0 Å². The fourth-order valence-electron chi connectivity index (χ4n) is 4.13. The number of fused-ring (bicyclic) bond motifs is 1. The van der Waals surface area contributed by atoms with Gasteiger partial charge in [-0.1, -0.05) is 18.2 Å². The van der Waals surface area contributed by atoms with E-state index in [-0.39, 0.29) is 17.9 Å². The van der Waals surface area contributed by atoms with E-state index in [9.17, 15) is 13.2 Å². The maximum atomic E-state index is 12.8. The van der Waals surface area contributed by atoms with Crippen molar-refractivity contribution in [2.75, 3.05) is 5.32 Å². The Bertz CT molecular complexity index is 1200. The number of aromatic nitrogens is 1. The second-order valence-corrected chi connectivity index (χ2v) is 12.0. The standard InChI is InChI=1S/C25H31N3O3S/c1-25(2,3)32(30,31)27-21-10-8-19(9-11-21)24(29)26-20-12-14-22(15-13-20)28-17-16-18-6-4-5-7-23(18)28/h4-7,12-17,19,21,27H,8-11H2,1-3H3,(H,26,29). The number of rotatable bonds is 5. The van der Waals surface area contributed by atoms with Crippen LogP contribution in [0.3, 0.4) is 0 Å². The van der Waals surface area contributed by atoms with Crippen LogP contribution in [-0.2, 0) is 14.8 Å². The van der Waals surface area contributed by atoms with E-state index in [0.29, 0.717) is 25.7 Å². The first-order chi connectivity index (χ1) is 15.1. The first-order valence-electron chi connectivity index (χ1n) is 11.1. The lowest BCUT2D eigenvalue weighted by Crippen LogP contribution is -2.46. The number of benzene rings is 2. The number of nitrogens with one attached hydrogen (secondary N) is 2. The van der Waals surface area contributed by atoms with Crippen LogP contribution in [0.2, 0.25) is 0 Å². The summed E-state index contributed by atoms with van der Waals surface area (Å²) in [4.78, 5) is 12.8. The van der Waals surface area contributed by atoms with Crippen molar-refractivity contribution in [1.29, 1.82) is 0 Å². The van der Waals surface area contributed by atoms with Crippen LogP contribution in [0.1, 0.15) is 46.5 Å². The van der Waals surface area contributed by atoms with Gasteiger partial charge in [-0.3, -0.25) is 4.79 Å². The molecule has 1 fully saturated rings. The number of para-hydroxylation sites is 1. The molecule has 3 aromatic rings. The zero-order chi connectivity index (χ0) is 22.9. The minimum Gasteiger partial charge on any atom is -0.326 e. The molecule has 170 valence electrons. The lowest BCUT2D eigenvalue weighted by molar-refractivity contribution is -0.120. The maximum Gasteiger partial charge on any atom is 0.227 e. The van der Waals surface area contributed by atoms with Gasteiger partial charge in [0.25, 0.3) is 0 Å². The highest BCUT2D eigenvalue weighted by atomic mass is 32.2. The Morgan fingerprint density at radius 2 is 1.59 bits per heavy atom. The highest BCUT2D eigenvalue weighted by Gasteiger charge is 2.34. The first kappa shape index (κ1) is 22.6. The van der Waals surface area contributed by atoms with Crippen molar-refractivity contribution in [1.82, 2.24) is 9.29 Å². The summed E-state index contributed by atoms with van der Waals surface area (Å²) in [5.74, 6) is -0.0975. The largest absolute Gasteiger partial charge is 0.326 e. The minimum atomic E-state index is -3.37. The summed E-state index contributed by atoms with van der Waals surface area (Å²) in [6.45, 7) is 5.08. The molecule has 2 N–H and O–H groups in total. The van der Waals surface area contributed by atoms with Gasteiger partial charge in [0.1, 0.15) is 0 Å². The number of amides is 1. The summed E-state index contributed by atoms with van der Waals surface area (Å²) in [5, 5.41) is 4.21. The molecule has 6 nitrogen and oxygen atoms in total. The van der Waals surface area contributed by atoms with E-state index < -0.39 is 14.8 Å². The molecule has 1 aromatic heterocycles. The average Bonchev–Trinajstić information content (AvgIpc) is 3.18. The topological polar surface area (TPSA) is 80.2 Å². The van der Waals surface area contributed by atoms with E-state index in [1.54, 1.807) is 20.8 Å². The fourth-order valence-corrected chi connectivity index (χ4v) is 5.16. The van der Waals surface area contributed by atoms with E-state index >= 15 is 0 Å². The van der Waals surface area contributed by atoms with E-state index in [1.165, 1.54) is 5.39 Å². The molecule has 0 radical (unpaired) electrons. The third kappa shape index (κ3) is 4.74. The van der Waals surface area contributed by atoms with Gasteiger partial charge in [0.05, 0.1) is 10.3 Å². The van der Waals surface area contributed by atoms with Crippen molar-refractivity contribution >= 4 is 32.5 Å². The average molecular weight is 454 g/mol. The van der Waals surface area contributed by atoms with Gasteiger partial charge >= 0.3 is 0 Å². The van der Waals surface area contributed by atoms with E-state index in [4.69, 9.17) is 0 Å². The van der Waals surface area contributed by atoms with Crippen LogP contribution in [0, 0.1) is 5.92 Å². The Labute approximate surface area is 190 Å². The van der Waals surface area contributed by atoms with E-state index in [2.05, 4.69) is 32.8 Å². The third-order valence-corrected chi connectivity index (χ3v) is 8.49. The summed E-state index contributed by atoms with van der Waals surface area (Å²) in [6.07, 6.45) is 4.75. The van der Waals surface area contributed by atoms with Crippen molar-refractivity contribution in [2.45, 2.75) is 57.2 Å². The molecule has 4 rings (SSSR count). The zero-order valence-corrected chi connectivity index (χ0v) is 19.7. The van der Waals surface area contributed by atoms with Gasteiger partial charge in [-0.15, -0.1) is 0 Å². The van der Waals surface area contributed by atoms with Crippen molar-refractivity contribution in [2.24, 2.45) is 5.92 Å². The molecule has 1 heterocycles. The van der Waals surface area contributed by atoms with Gasteiger partial charge in [-0.2, -0.15) is 0 Å². The number of carbonyl (C=O) groups excluding carboxylic acids is 1. The summed E-state index contributed by atoms with van der Waals surface area (Å²) in [5.41, 5.74) is 2.95. The van der Waals surface area contributed by atoms with Gasteiger partial charge < -0.3 is 9.88 Å². The highest BCUT2D eigenvalue weighted by molar-refractivity contribution is 7.90. The highest BCUT2D eigenvalue weighted by Crippen LogP contribution is 2.28. The van der Waals surface area contributed by atoms with Crippen LogP contribution < -0.4 is 10.0 Å². The van der Waals surface area contributed by atoms with Crippen molar-refractivity contribution in [3.05, 3.63) is 60.8 Å². The molecule has 0 atom stereocenters. The molecule has 1 aliphatic carbocycles. The van der Waals surface area contributed by atoms with Gasteiger partial charge in [0.15, 0.2) is 0 Å². The van der Waals surface area contributed by atoms with Gasteiger partial charge in [0.2, 0.25) is 15.9 Å². The Morgan fingerprint density at radius 3 is 2.25 bits per heavy atom. The van der Waals surface area contributed by atoms with Crippen LogP contribution in [0.15, 0.2) is 60.8 Å². The molecule has 0 unspecified atom stereocenters. The van der Waals surface area contributed by atoms with Crippen LogP contribution in [0.25, 0.3) is 16.6 Å². The Kier molecular flexibility index (Phi) is 6.14. The van der Waals surface area contributed by atoms with Crippen molar-refractivity contribution in [3.63, 3.8) is 0 Å². The molecule has 1 aliphatic rings. The van der Waals surface area contributed by atoms with Crippen LogP contribution in [-0.4, -0.2) is 29.7 Å². The zero-order valence-electron chi connectivity index (χ0n) is 18.8. The van der Waals surface area contributed by atoms with Gasteiger partial charge in [-0.05, 0) is 88.2 Å². The van der Waals surface area contributed by atoms with E-state index in [1.807, 2.05) is 42.6 Å². The molecule has 0 bridgehead atoms. The van der Waals surface area contributed by atoms with Crippen LogP contribution >= 0.6 is 0 Å². The molecule has 32 heavy (non-hydrogen) atoms. The third-order valence-electron chi connectivity index (χ3n) is 6.24. The first-order valence-corrected chi connectivity index (χ1v) is 12.6. The second kappa shape index (κ2) is 8.71. The summed E-state index contributed by atoms with van der Waals surface area (Å²) >= 11 is 0. The SMILES string of the molecule is CC(C)(C)S(=O)(=O)NC1CCC(C(=O)Nc2ccc(-n3ccc4ccccc43)cc2)CC1. The van der Waals surface area contributed by atoms with Gasteiger partial charge in [0, 0.05) is 29.5 Å². The van der Waals surface area contributed by atoms with E-state index in [0.717, 1.165) is 16.9 Å². The molecule has 1 saturated carbocycles. The molecule has 0 saturated heterocycles. The monoisotopic (exact) mass is 453 g/mol. The summed E-state index contributed by atoms with van der Waals surface area (Å²) in [7, 11) is -3.37. The maximum absolute atomic E-state index is 12.8. The number of hydrogen-bond acceptors (Lipinski definition) is 3. The minimum absolute atomic E-state index is 0.00120. The summed E-state index contributed by atoms with van der Waals surface area (Å²) < 4.78 is 28.8.